The number of benzene rings is 2. The van der Waals surface area contributed by atoms with E-state index in [4.69, 9.17) is 0 Å². The molecular formula is C16H18FNO. The summed E-state index contributed by atoms with van der Waals surface area (Å²) in [5.41, 5.74) is 1.60. The van der Waals surface area contributed by atoms with Gasteiger partial charge < -0.3 is 10.4 Å². The van der Waals surface area contributed by atoms with Crippen LogP contribution in [0.15, 0.2) is 54.6 Å². The molecule has 0 aliphatic rings. The van der Waals surface area contributed by atoms with Gasteiger partial charge in [0.1, 0.15) is 5.82 Å². The first-order valence-electron chi connectivity index (χ1n) is 6.38. The van der Waals surface area contributed by atoms with E-state index in [1.54, 1.807) is 12.1 Å². The third-order valence-corrected chi connectivity index (χ3v) is 3.21. The molecule has 2 aromatic rings. The van der Waals surface area contributed by atoms with Gasteiger partial charge in [-0.15, -0.1) is 0 Å². The fourth-order valence-electron chi connectivity index (χ4n) is 2.16. The first-order valence-corrected chi connectivity index (χ1v) is 6.38. The van der Waals surface area contributed by atoms with E-state index in [0.29, 0.717) is 5.56 Å². The highest BCUT2D eigenvalue weighted by Gasteiger charge is 2.16. The Morgan fingerprint density at radius 2 is 1.68 bits per heavy atom. The fourth-order valence-corrected chi connectivity index (χ4v) is 2.16. The summed E-state index contributed by atoms with van der Waals surface area (Å²) in [7, 11) is 0. The van der Waals surface area contributed by atoms with E-state index in [1.807, 2.05) is 43.3 Å². The van der Waals surface area contributed by atoms with Crippen molar-refractivity contribution in [2.45, 2.75) is 19.0 Å². The van der Waals surface area contributed by atoms with Crippen LogP contribution in [0, 0.1) is 5.82 Å². The van der Waals surface area contributed by atoms with Crippen LogP contribution in [0.2, 0.25) is 0 Å². The monoisotopic (exact) mass is 259 g/mol. The smallest absolute Gasteiger partial charge is 0.127 e. The molecule has 0 saturated carbocycles. The van der Waals surface area contributed by atoms with E-state index in [-0.39, 0.29) is 24.5 Å². The van der Waals surface area contributed by atoms with Gasteiger partial charge in [0, 0.05) is 11.6 Å². The maximum atomic E-state index is 13.7. The largest absolute Gasteiger partial charge is 0.394 e. The Hall–Kier alpha value is -1.71. The summed E-state index contributed by atoms with van der Waals surface area (Å²) in [5.74, 6) is -0.229. The summed E-state index contributed by atoms with van der Waals surface area (Å²) < 4.78 is 13.7. The van der Waals surface area contributed by atoms with Crippen molar-refractivity contribution >= 4 is 0 Å². The highest BCUT2D eigenvalue weighted by Crippen LogP contribution is 2.21. The summed E-state index contributed by atoms with van der Waals surface area (Å²) in [4.78, 5) is 0. The molecule has 2 nitrogen and oxygen atoms in total. The molecule has 2 N–H and O–H groups in total. The zero-order chi connectivity index (χ0) is 13.7. The average molecular weight is 259 g/mol. The predicted molar refractivity (Wildman–Crippen MR) is 74.2 cm³/mol. The Kier molecular flexibility index (Phi) is 4.66. The molecule has 2 aromatic carbocycles. The van der Waals surface area contributed by atoms with Crippen LogP contribution in [0.5, 0.6) is 0 Å². The number of hydrogen-bond acceptors (Lipinski definition) is 2. The van der Waals surface area contributed by atoms with Crippen LogP contribution in [-0.2, 0) is 0 Å². The Morgan fingerprint density at radius 1 is 1.05 bits per heavy atom. The van der Waals surface area contributed by atoms with Gasteiger partial charge in [-0.3, -0.25) is 0 Å². The van der Waals surface area contributed by atoms with Crippen molar-refractivity contribution in [1.82, 2.24) is 5.32 Å². The van der Waals surface area contributed by atoms with E-state index in [0.717, 1.165) is 5.56 Å². The van der Waals surface area contributed by atoms with Gasteiger partial charge in [-0.05, 0) is 18.6 Å². The average Bonchev–Trinajstić information content (AvgIpc) is 2.46. The standard InChI is InChI=1S/C16H18FNO/c1-12(14-9-5-6-10-15(14)17)18-16(11-19)13-7-3-2-4-8-13/h2-10,12,16,18-19H,11H2,1H3. The summed E-state index contributed by atoms with van der Waals surface area (Å²) in [6.45, 7) is 1.87. The van der Waals surface area contributed by atoms with Gasteiger partial charge in [0.05, 0.1) is 12.6 Å². The number of aliphatic hydroxyl groups excluding tert-OH is 1. The van der Waals surface area contributed by atoms with Crippen molar-refractivity contribution in [2.75, 3.05) is 6.61 Å². The molecule has 2 atom stereocenters. The van der Waals surface area contributed by atoms with Gasteiger partial charge in [0.2, 0.25) is 0 Å². The Balaban J connectivity index is 2.13. The lowest BCUT2D eigenvalue weighted by atomic mass is 10.0. The number of hydrogen-bond donors (Lipinski definition) is 2. The molecule has 0 heterocycles. The van der Waals surface area contributed by atoms with E-state index in [2.05, 4.69) is 5.32 Å². The first kappa shape index (κ1) is 13.7. The first-order chi connectivity index (χ1) is 9.22. The van der Waals surface area contributed by atoms with Gasteiger partial charge in [-0.2, -0.15) is 0 Å². The highest BCUT2D eigenvalue weighted by atomic mass is 19.1. The molecule has 0 aliphatic heterocycles. The maximum absolute atomic E-state index is 13.7. The third-order valence-electron chi connectivity index (χ3n) is 3.21. The molecule has 19 heavy (non-hydrogen) atoms. The Morgan fingerprint density at radius 3 is 2.32 bits per heavy atom. The number of nitrogens with one attached hydrogen (secondary N) is 1. The van der Waals surface area contributed by atoms with Gasteiger partial charge in [0.25, 0.3) is 0 Å². The minimum Gasteiger partial charge on any atom is -0.394 e. The van der Waals surface area contributed by atoms with Crippen LogP contribution in [-0.4, -0.2) is 11.7 Å². The van der Waals surface area contributed by atoms with Gasteiger partial charge in [0.15, 0.2) is 0 Å². The van der Waals surface area contributed by atoms with Crippen molar-refractivity contribution < 1.29 is 9.50 Å². The molecule has 0 radical (unpaired) electrons. The van der Waals surface area contributed by atoms with Crippen molar-refractivity contribution in [3.8, 4) is 0 Å². The minimum atomic E-state index is -0.229. The second-order valence-corrected chi connectivity index (χ2v) is 4.56. The summed E-state index contributed by atoms with van der Waals surface area (Å²) >= 11 is 0. The van der Waals surface area contributed by atoms with Crippen molar-refractivity contribution in [2.24, 2.45) is 0 Å². The lowest BCUT2D eigenvalue weighted by Gasteiger charge is -2.22. The van der Waals surface area contributed by atoms with Crippen molar-refractivity contribution in [1.29, 1.82) is 0 Å². The molecule has 0 fully saturated rings. The molecule has 0 spiro atoms. The molecule has 0 saturated heterocycles. The molecule has 2 rings (SSSR count). The Labute approximate surface area is 112 Å². The third kappa shape index (κ3) is 3.40. The van der Waals surface area contributed by atoms with E-state index >= 15 is 0 Å². The molecule has 2 unspecified atom stereocenters. The lowest BCUT2D eigenvalue weighted by molar-refractivity contribution is 0.234. The number of rotatable bonds is 5. The number of aliphatic hydroxyl groups is 1. The van der Waals surface area contributed by atoms with E-state index in [9.17, 15) is 9.50 Å². The van der Waals surface area contributed by atoms with Gasteiger partial charge >= 0.3 is 0 Å². The van der Waals surface area contributed by atoms with Crippen LogP contribution in [0.4, 0.5) is 4.39 Å². The summed E-state index contributed by atoms with van der Waals surface area (Å²) in [6, 6.07) is 16.0. The second-order valence-electron chi connectivity index (χ2n) is 4.56. The van der Waals surface area contributed by atoms with Crippen LogP contribution < -0.4 is 5.32 Å². The maximum Gasteiger partial charge on any atom is 0.127 e. The zero-order valence-corrected chi connectivity index (χ0v) is 10.9. The highest BCUT2D eigenvalue weighted by molar-refractivity contribution is 5.23. The van der Waals surface area contributed by atoms with Crippen LogP contribution in [0.25, 0.3) is 0 Å². The lowest BCUT2D eigenvalue weighted by Crippen LogP contribution is -2.27. The van der Waals surface area contributed by atoms with Crippen molar-refractivity contribution in [3.05, 3.63) is 71.5 Å². The van der Waals surface area contributed by atoms with Crippen LogP contribution >= 0.6 is 0 Å². The fraction of sp³-hybridized carbons (Fsp3) is 0.250. The van der Waals surface area contributed by atoms with Crippen LogP contribution in [0.3, 0.4) is 0 Å². The molecule has 0 aliphatic carbocycles. The number of halogens is 1. The normalized spacial score (nSPS) is 14.1. The molecule has 0 amide bonds. The van der Waals surface area contributed by atoms with Gasteiger partial charge in [-0.1, -0.05) is 48.5 Å². The van der Waals surface area contributed by atoms with Gasteiger partial charge in [-0.25, -0.2) is 4.39 Å². The van der Waals surface area contributed by atoms with E-state index < -0.39 is 0 Å². The molecule has 3 heteroatoms. The molecule has 0 bridgehead atoms. The Bertz CT molecular complexity index is 515. The summed E-state index contributed by atoms with van der Waals surface area (Å²) in [6.07, 6.45) is 0. The topological polar surface area (TPSA) is 32.3 Å². The zero-order valence-electron chi connectivity index (χ0n) is 10.9. The van der Waals surface area contributed by atoms with E-state index in [1.165, 1.54) is 6.07 Å². The molecule has 0 aromatic heterocycles. The second kappa shape index (κ2) is 6.45. The SMILES string of the molecule is CC(NC(CO)c1ccccc1)c1ccccc1F. The predicted octanol–water partition coefficient (Wildman–Crippen LogP) is 3.21. The van der Waals surface area contributed by atoms with Crippen LogP contribution in [0.1, 0.15) is 30.1 Å². The quantitative estimate of drug-likeness (QED) is 0.864. The van der Waals surface area contributed by atoms with Crippen molar-refractivity contribution in [3.63, 3.8) is 0 Å². The molecular weight excluding hydrogens is 241 g/mol. The minimum absolute atomic E-state index is 0.0250. The molecule has 100 valence electrons. The summed E-state index contributed by atoms with van der Waals surface area (Å²) in [5, 5.41) is 12.7.